The van der Waals surface area contributed by atoms with Gasteiger partial charge in [-0.05, 0) is 23.6 Å². The lowest BCUT2D eigenvalue weighted by molar-refractivity contribution is 0.218. The van der Waals surface area contributed by atoms with E-state index in [1.807, 2.05) is 17.5 Å². The van der Waals surface area contributed by atoms with Gasteiger partial charge in [-0.2, -0.15) is 0 Å². The molecule has 0 fully saturated rings. The lowest BCUT2D eigenvalue weighted by atomic mass is 10.3. The molecule has 0 saturated carbocycles. The van der Waals surface area contributed by atoms with Crippen LogP contribution in [0, 0.1) is 0 Å². The molecule has 90 valence electrons. The molecule has 17 heavy (non-hydrogen) atoms. The molecule has 2 aromatic rings. The van der Waals surface area contributed by atoms with E-state index in [1.165, 1.54) is 0 Å². The zero-order valence-electron chi connectivity index (χ0n) is 8.90. The van der Waals surface area contributed by atoms with Gasteiger partial charge in [-0.15, -0.1) is 11.3 Å². The third-order valence-corrected chi connectivity index (χ3v) is 3.75. The highest BCUT2D eigenvalue weighted by Crippen LogP contribution is 2.32. The second-order valence-corrected chi connectivity index (χ2v) is 5.26. The van der Waals surface area contributed by atoms with Crippen LogP contribution in [0.15, 0.2) is 35.7 Å². The van der Waals surface area contributed by atoms with E-state index in [-0.39, 0.29) is 6.10 Å². The van der Waals surface area contributed by atoms with Crippen LogP contribution in [-0.4, -0.2) is 6.54 Å². The minimum absolute atomic E-state index is 0.189. The molecule has 0 aliphatic rings. The highest BCUT2D eigenvalue weighted by Gasteiger charge is 2.14. The second-order valence-electron chi connectivity index (χ2n) is 3.43. The Morgan fingerprint density at radius 2 is 2.12 bits per heavy atom. The fourth-order valence-electron chi connectivity index (χ4n) is 1.42. The van der Waals surface area contributed by atoms with Gasteiger partial charge in [0, 0.05) is 22.5 Å². The van der Waals surface area contributed by atoms with Gasteiger partial charge in [-0.25, -0.2) is 0 Å². The fraction of sp³-hybridized carbons (Fsp3) is 0.167. The number of hydrogen-bond acceptors (Lipinski definition) is 3. The molecule has 0 spiro atoms. The molecule has 1 aromatic heterocycles. The maximum atomic E-state index is 6.04. The lowest BCUT2D eigenvalue weighted by Gasteiger charge is -2.17. The van der Waals surface area contributed by atoms with Crippen LogP contribution in [0.5, 0.6) is 5.75 Å². The summed E-state index contributed by atoms with van der Waals surface area (Å²) in [5, 5.41) is 3.11. The van der Waals surface area contributed by atoms with Gasteiger partial charge >= 0.3 is 0 Å². The van der Waals surface area contributed by atoms with Crippen LogP contribution in [0.2, 0.25) is 10.0 Å². The van der Waals surface area contributed by atoms with Crippen LogP contribution in [0.1, 0.15) is 11.0 Å². The van der Waals surface area contributed by atoms with Crippen molar-refractivity contribution in [1.82, 2.24) is 0 Å². The number of hydrogen-bond donors (Lipinski definition) is 1. The maximum absolute atomic E-state index is 6.04. The number of thiophene rings is 1. The summed E-state index contributed by atoms with van der Waals surface area (Å²) in [6.45, 7) is 0.392. The van der Waals surface area contributed by atoms with E-state index >= 15 is 0 Å². The van der Waals surface area contributed by atoms with Crippen LogP contribution in [0.25, 0.3) is 0 Å². The second kappa shape index (κ2) is 5.74. The summed E-state index contributed by atoms with van der Waals surface area (Å²) < 4.78 is 5.79. The minimum atomic E-state index is -0.189. The summed E-state index contributed by atoms with van der Waals surface area (Å²) >= 11 is 13.5. The quantitative estimate of drug-likeness (QED) is 0.918. The van der Waals surface area contributed by atoms with Crippen LogP contribution in [0.3, 0.4) is 0 Å². The Morgan fingerprint density at radius 3 is 2.76 bits per heavy atom. The van der Waals surface area contributed by atoms with E-state index in [0.717, 1.165) is 4.88 Å². The maximum Gasteiger partial charge on any atom is 0.145 e. The fourth-order valence-corrected chi connectivity index (χ4v) is 2.51. The van der Waals surface area contributed by atoms with Crippen molar-refractivity contribution in [2.24, 2.45) is 5.73 Å². The average Bonchev–Trinajstić information content (AvgIpc) is 2.84. The molecule has 2 rings (SSSR count). The summed E-state index contributed by atoms with van der Waals surface area (Å²) in [6, 6.07) is 9.08. The monoisotopic (exact) mass is 287 g/mol. The van der Waals surface area contributed by atoms with E-state index < -0.39 is 0 Å². The first-order valence-electron chi connectivity index (χ1n) is 5.06. The van der Waals surface area contributed by atoms with E-state index in [2.05, 4.69) is 0 Å². The summed E-state index contributed by atoms with van der Waals surface area (Å²) in [5.41, 5.74) is 5.71. The van der Waals surface area contributed by atoms with E-state index in [1.54, 1.807) is 29.5 Å². The van der Waals surface area contributed by atoms with Crippen molar-refractivity contribution in [3.63, 3.8) is 0 Å². The Kier molecular flexibility index (Phi) is 4.29. The molecule has 2 nitrogen and oxygen atoms in total. The van der Waals surface area contributed by atoms with Crippen molar-refractivity contribution in [3.8, 4) is 5.75 Å². The third kappa shape index (κ3) is 3.13. The topological polar surface area (TPSA) is 35.2 Å². The van der Waals surface area contributed by atoms with Crippen molar-refractivity contribution < 1.29 is 4.74 Å². The molecule has 0 aliphatic carbocycles. The molecule has 0 bridgehead atoms. The molecule has 0 radical (unpaired) electrons. The molecular formula is C12H11Cl2NOS. The van der Waals surface area contributed by atoms with E-state index in [9.17, 15) is 0 Å². The lowest BCUT2D eigenvalue weighted by Crippen LogP contribution is -2.17. The van der Waals surface area contributed by atoms with Gasteiger partial charge in [0.25, 0.3) is 0 Å². The molecule has 1 aromatic carbocycles. The smallest absolute Gasteiger partial charge is 0.145 e. The van der Waals surface area contributed by atoms with Crippen molar-refractivity contribution in [2.45, 2.75) is 6.10 Å². The highest BCUT2D eigenvalue weighted by molar-refractivity contribution is 7.10. The summed E-state index contributed by atoms with van der Waals surface area (Å²) in [7, 11) is 0. The number of rotatable bonds is 4. The Bertz CT molecular complexity index is 487. The molecule has 5 heteroatoms. The number of halogens is 2. The Labute approximate surface area is 114 Å². The van der Waals surface area contributed by atoms with Gasteiger partial charge in [0.05, 0.1) is 5.02 Å². The Hall–Kier alpha value is -0.740. The molecule has 2 N–H and O–H groups in total. The van der Waals surface area contributed by atoms with Gasteiger partial charge in [0.1, 0.15) is 11.9 Å². The molecule has 0 saturated heterocycles. The summed E-state index contributed by atoms with van der Waals surface area (Å²) in [6.07, 6.45) is -0.189. The van der Waals surface area contributed by atoms with Gasteiger partial charge in [-0.3, -0.25) is 0 Å². The first-order valence-corrected chi connectivity index (χ1v) is 6.69. The predicted octanol–water partition coefficient (Wildman–Crippen LogP) is 4.13. The van der Waals surface area contributed by atoms with Crippen molar-refractivity contribution >= 4 is 34.5 Å². The molecule has 1 unspecified atom stereocenters. The summed E-state index contributed by atoms with van der Waals surface area (Å²) in [5.74, 6) is 0.558. The first-order chi connectivity index (χ1) is 8.20. The van der Waals surface area contributed by atoms with Crippen LogP contribution < -0.4 is 10.5 Å². The van der Waals surface area contributed by atoms with Gasteiger partial charge < -0.3 is 10.5 Å². The molecule has 1 heterocycles. The normalized spacial score (nSPS) is 12.4. The predicted molar refractivity (Wildman–Crippen MR) is 73.2 cm³/mol. The third-order valence-electron chi connectivity index (χ3n) is 2.24. The SMILES string of the molecule is NCC(Oc1cc(Cl)ccc1Cl)c1cccs1. The average molecular weight is 288 g/mol. The molecule has 0 amide bonds. The van der Waals surface area contributed by atoms with Crippen LogP contribution in [0.4, 0.5) is 0 Å². The zero-order chi connectivity index (χ0) is 12.3. The Morgan fingerprint density at radius 1 is 1.29 bits per heavy atom. The van der Waals surface area contributed by atoms with Crippen molar-refractivity contribution in [1.29, 1.82) is 0 Å². The minimum Gasteiger partial charge on any atom is -0.482 e. The number of ether oxygens (including phenoxy) is 1. The first kappa shape index (κ1) is 12.7. The van der Waals surface area contributed by atoms with Crippen LogP contribution >= 0.6 is 34.5 Å². The van der Waals surface area contributed by atoms with Crippen molar-refractivity contribution in [2.75, 3.05) is 6.54 Å². The Balaban J connectivity index is 2.21. The zero-order valence-corrected chi connectivity index (χ0v) is 11.2. The molecule has 0 aliphatic heterocycles. The largest absolute Gasteiger partial charge is 0.482 e. The highest BCUT2D eigenvalue weighted by atomic mass is 35.5. The van der Waals surface area contributed by atoms with Gasteiger partial charge in [0.15, 0.2) is 0 Å². The van der Waals surface area contributed by atoms with Gasteiger partial charge in [0.2, 0.25) is 0 Å². The van der Waals surface area contributed by atoms with Gasteiger partial charge in [-0.1, -0.05) is 29.3 Å². The molecule has 1 atom stereocenters. The molecular weight excluding hydrogens is 277 g/mol. The van der Waals surface area contributed by atoms with Crippen LogP contribution in [-0.2, 0) is 0 Å². The van der Waals surface area contributed by atoms with Crippen molar-refractivity contribution in [3.05, 3.63) is 50.6 Å². The summed E-state index contributed by atoms with van der Waals surface area (Å²) in [4.78, 5) is 1.07. The van der Waals surface area contributed by atoms with E-state index in [0.29, 0.717) is 22.3 Å². The number of nitrogens with two attached hydrogens (primary N) is 1. The number of benzene rings is 1. The van der Waals surface area contributed by atoms with E-state index in [4.69, 9.17) is 33.7 Å². The standard InChI is InChI=1S/C12H11Cl2NOS/c13-8-3-4-9(14)10(6-8)16-11(7-15)12-2-1-5-17-12/h1-6,11H,7,15H2.